The molecular formula is C15H13BrFNO. The average Bonchev–Trinajstić information content (AvgIpc) is 2.32. The van der Waals surface area contributed by atoms with Crippen molar-refractivity contribution in [3.8, 4) is 0 Å². The minimum atomic E-state index is -0.333. The van der Waals surface area contributed by atoms with Crippen molar-refractivity contribution < 1.29 is 9.18 Å². The van der Waals surface area contributed by atoms with E-state index in [4.69, 9.17) is 0 Å². The lowest BCUT2D eigenvalue weighted by molar-refractivity contribution is 0.0988. The third-order valence-corrected chi connectivity index (χ3v) is 3.34. The number of ketones is 1. The Bertz CT molecular complexity index is 620. The second-order valence-corrected chi connectivity index (χ2v) is 5.37. The van der Waals surface area contributed by atoms with E-state index >= 15 is 0 Å². The molecule has 2 aromatic rings. The first kappa shape index (κ1) is 13.9. The molecule has 0 aliphatic rings. The minimum Gasteiger partial charge on any atom is -0.292 e. The Morgan fingerprint density at radius 2 is 2.00 bits per heavy atom. The molecule has 0 N–H and O–H groups in total. The van der Waals surface area contributed by atoms with Crippen LogP contribution in [0.5, 0.6) is 0 Å². The third kappa shape index (κ3) is 3.47. The lowest BCUT2D eigenvalue weighted by Gasteiger charge is -2.04. The summed E-state index contributed by atoms with van der Waals surface area (Å²) in [5, 5.41) is 0. The summed E-state index contributed by atoms with van der Waals surface area (Å²) in [5.74, 6) is -0.397. The second kappa shape index (κ2) is 5.61. The van der Waals surface area contributed by atoms with Crippen LogP contribution in [0.4, 0.5) is 4.39 Å². The normalized spacial score (nSPS) is 10.5. The van der Waals surface area contributed by atoms with Gasteiger partial charge in [0, 0.05) is 12.1 Å². The third-order valence-electron chi connectivity index (χ3n) is 2.73. The first-order chi connectivity index (χ1) is 8.95. The standard InChI is InChI=1S/C15H13BrFNO/c1-9-5-10(2)18-14(6-9)15(19)8-11-3-4-13(17)12(16)7-11/h3-7H,8H2,1-2H3. The van der Waals surface area contributed by atoms with Crippen molar-refractivity contribution in [3.05, 3.63) is 63.1 Å². The Balaban J connectivity index is 2.22. The van der Waals surface area contributed by atoms with Crippen LogP contribution < -0.4 is 0 Å². The van der Waals surface area contributed by atoms with Crippen LogP contribution in [0.15, 0.2) is 34.8 Å². The van der Waals surface area contributed by atoms with Crippen molar-refractivity contribution in [2.75, 3.05) is 0 Å². The van der Waals surface area contributed by atoms with Crippen LogP contribution in [0.1, 0.15) is 27.3 Å². The van der Waals surface area contributed by atoms with Gasteiger partial charge in [0.1, 0.15) is 11.5 Å². The smallest absolute Gasteiger partial charge is 0.185 e. The minimum absolute atomic E-state index is 0.0645. The molecule has 98 valence electrons. The van der Waals surface area contributed by atoms with Crippen LogP contribution in [0.3, 0.4) is 0 Å². The first-order valence-corrected chi connectivity index (χ1v) is 6.67. The van der Waals surface area contributed by atoms with E-state index in [1.165, 1.54) is 6.07 Å². The number of Topliss-reactive ketones (excluding diaryl/α,β-unsaturated/α-hetero) is 1. The number of hydrogen-bond acceptors (Lipinski definition) is 2. The Hall–Kier alpha value is -1.55. The maximum absolute atomic E-state index is 13.1. The van der Waals surface area contributed by atoms with Gasteiger partial charge in [-0.3, -0.25) is 4.79 Å². The monoisotopic (exact) mass is 321 g/mol. The Morgan fingerprint density at radius 3 is 2.63 bits per heavy atom. The molecule has 1 aromatic heterocycles. The SMILES string of the molecule is Cc1cc(C)nc(C(=O)Cc2ccc(F)c(Br)c2)c1. The highest BCUT2D eigenvalue weighted by molar-refractivity contribution is 9.10. The molecule has 19 heavy (non-hydrogen) atoms. The number of carbonyl (C=O) groups excluding carboxylic acids is 1. The molecule has 0 saturated carbocycles. The summed E-state index contributed by atoms with van der Waals surface area (Å²) < 4.78 is 13.5. The average molecular weight is 322 g/mol. The number of carbonyl (C=O) groups is 1. The van der Waals surface area contributed by atoms with Crippen molar-refractivity contribution >= 4 is 21.7 Å². The summed E-state index contributed by atoms with van der Waals surface area (Å²) in [6.07, 6.45) is 0.217. The van der Waals surface area contributed by atoms with E-state index in [2.05, 4.69) is 20.9 Å². The number of aryl methyl sites for hydroxylation is 2. The summed E-state index contributed by atoms with van der Waals surface area (Å²) in [4.78, 5) is 16.4. The lowest BCUT2D eigenvalue weighted by atomic mass is 10.1. The fourth-order valence-electron chi connectivity index (χ4n) is 1.91. The summed E-state index contributed by atoms with van der Waals surface area (Å²) in [6, 6.07) is 8.28. The molecule has 0 aliphatic heterocycles. The van der Waals surface area contributed by atoms with Crippen LogP contribution >= 0.6 is 15.9 Å². The highest BCUT2D eigenvalue weighted by Crippen LogP contribution is 2.18. The predicted octanol–water partition coefficient (Wildman–Crippen LogP) is 4.03. The molecule has 0 radical (unpaired) electrons. The zero-order valence-electron chi connectivity index (χ0n) is 10.7. The number of benzene rings is 1. The molecule has 0 spiro atoms. The highest BCUT2D eigenvalue weighted by atomic mass is 79.9. The topological polar surface area (TPSA) is 30.0 Å². The lowest BCUT2D eigenvalue weighted by Crippen LogP contribution is -2.07. The van der Waals surface area contributed by atoms with Crippen molar-refractivity contribution in [2.24, 2.45) is 0 Å². The first-order valence-electron chi connectivity index (χ1n) is 5.88. The fraction of sp³-hybridized carbons (Fsp3) is 0.200. The van der Waals surface area contributed by atoms with Crippen molar-refractivity contribution in [2.45, 2.75) is 20.3 Å². The van der Waals surface area contributed by atoms with Gasteiger partial charge in [0.2, 0.25) is 0 Å². The van der Waals surface area contributed by atoms with Gasteiger partial charge in [0.25, 0.3) is 0 Å². The van der Waals surface area contributed by atoms with E-state index in [1.807, 2.05) is 19.9 Å². The molecule has 0 bridgehead atoms. The van der Waals surface area contributed by atoms with Crippen LogP contribution in [0, 0.1) is 19.7 Å². The molecule has 1 heterocycles. The molecule has 0 saturated heterocycles. The zero-order valence-corrected chi connectivity index (χ0v) is 12.3. The van der Waals surface area contributed by atoms with Gasteiger partial charge in [-0.05, 0) is 65.2 Å². The molecule has 0 aliphatic carbocycles. The van der Waals surface area contributed by atoms with Gasteiger partial charge in [0.15, 0.2) is 5.78 Å². The van der Waals surface area contributed by atoms with E-state index in [0.29, 0.717) is 10.2 Å². The Kier molecular flexibility index (Phi) is 4.10. The molecule has 1 aromatic carbocycles. The van der Waals surface area contributed by atoms with Gasteiger partial charge in [-0.25, -0.2) is 9.37 Å². The van der Waals surface area contributed by atoms with E-state index in [-0.39, 0.29) is 18.0 Å². The van der Waals surface area contributed by atoms with E-state index in [0.717, 1.165) is 16.8 Å². The molecule has 0 fully saturated rings. The number of nitrogens with zero attached hydrogens (tertiary/aromatic N) is 1. The molecule has 2 nitrogen and oxygen atoms in total. The maximum Gasteiger partial charge on any atom is 0.185 e. The molecule has 2 rings (SSSR count). The Labute approximate surface area is 119 Å². The van der Waals surface area contributed by atoms with Crippen LogP contribution in [-0.4, -0.2) is 10.8 Å². The van der Waals surface area contributed by atoms with Gasteiger partial charge in [0.05, 0.1) is 4.47 Å². The van der Waals surface area contributed by atoms with E-state index in [1.54, 1.807) is 18.2 Å². The number of halogens is 2. The van der Waals surface area contributed by atoms with Gasteiger partial charge < -0.3 is 0 Å². The molecule has 0 amide bonds. The Morgan fingerprint density at radius 1 is 1.26 bits per heavy atom. The van der Waals surface area contributed by atoms with Crippen molar-refractivity contribution in [1.29, 1.82) is 0 Å². The summed E-state index contributed by atoms with van der Waals surface area (Å²) in [7, 11) is 0. The molecule has 4 heteroatoms. The number of aromatic nitrogens is 1. The summed E-state index contributed by atoms with van der Waals surface area (Å²) in [5.41, 5.74) is 3.05. The summed E-state index contributed by atoms with van der Waals surface area (Å²) in [6.45, 7) is 3.79. The zero-order chi connectivity index (χ0) is 14.0. The molecule has 0 atom stereocenters. The van der Waals surface area contributed by atoms with Gasteiger partial charge in [-0.2, -0.15) is 0 Å². The highest BCUT2D eigenvalue weighted by Gasteiger charge is 2.11. The van der Waals surface area contributed by atoms with E-state index in [9.17, 15) is 9.18 Å². The summed E-state index contributed by atoms with van der Waals surface area (Å²) >= 11 is 3.11. The van der Waals surface area contributed by atoms with Crippen molar-refractivity contribution in [1.82, 2.24) is 4.98 Å². The van der Waals surface area contributed by atoms with Crippen LogP contribution in [0.2, 0.25) is 0 Å². The van der Waals surface area contributed by atoms with Gasteiger partial charge >= 0.3 is 0 Å². The number of pyridine rings is 1. The number of hydrogen-bond donors (Lipinski definition) is 0. The van der Waals surface area contributed by atoms with Crippen molar-refractivity contribution in [3.63, 3.8) is 0 Å². The largest absolute Gasteiger partial charge is 0.292 e. The predicted molar refractivity (Wildman–Crippen MR) is 75.8 cm³/mol. The fourth-order valence-corrected chi connectivity index (χ4v) is 2.34. The molecular weight excluding hydrogens is 309 g/mol. The van der Waals surface area contributed by atoms with Gasteiger partial charge in [-0.1, -0.05) is 6.07 Å². The van der Waals surface area contributed by atoms with Gasteiger partial charge in [-0.15, -0.1) is 0 Å². The number of rotatable bonds is 3. The van der Waals surface area contributed by atoms with Crippen LogP contribution in [-0.2, 0) is 6.42 Å². The quantitative estimate of drug-likeness (QED) is 0.799. The van der Waals surface area contributed by atoms with E-state index < -0.39 is 0 Å². The molecule has 0 unspecified atom stereocenters. The van der Waals surface area contributed by atoms with Crippen LogP contribution in [0.25, 0.3) is 0 Å². The second-order valence-electron chi connectivity index (χ2n) is 4.52. The maximum atomic E-state index is 13.1.